The van der Waals surface area contributed by atoms with E-state index in [2.05, 4.69) is 24.1 Å². The zero-order valence-corrected chi connectivity index (χ0v) is 16.2. The molecule has 3 N–H and O–H groups in total. The normalized spacial score (nSPS) is 17.7. The van der Waals surface area contributed by atoms with E-state index in [1.54, 1.807) is 0 Å². The van der Waals surface area contributed by atoms with E-state index < -0.39 is 14.9 Å². The predicted octanol–water partition coefficient (Wildman–Crippen LogP) is 2.55. The van der Waals surface area contributed by atoms with Crippen LogP contribution in [0.25, 0.3) is 0 Å². The Hall–Kier alpha value is -1.71. The van der Waals surface area contributed by atoms with E-state index in [9.17, 15) is 18.5 Å². The highest BCUT2D eigenvalue weighted by Crippen LogP contribution is 2.28. The van der Waals surface area contributed by atoms with Gasteiger partial charge in [0.1, 0.15) is 5.69 Å². The van der Waals surface area contributed by atoms with Crippen LogP contribution in [0.1, 0.15) is 39.5 Å². The molecule has 1 aliphatic rings. The van der Waals surface area contributed by atoms with Crippen molar-refractivity contribution in [3.8, 4) is 0 Å². The van der Waals surface area contributed by atoms with Crippen molar-refractivity contribution in [3.63, 3.8) is 0 Å². The van der Waals surface area contributed by atoms with Crippen LogP contribution < -0.4 is 10.5 Å². The molecule has 146 valence electrons. The summed E-state index contributed by atoms with van der Waals surface area (Å²) in [5.41, 5.74) is 0.0257. The van der Waals surface area contributed by atoms with Gasteiger partial charge in [-0.15, -0.1) is 0 Å². The van der Waals surface area contributed by atoms with Gasteiger partial charge < -0.3 is 5.32 Å². The van der Waals surface area contributed by atoms with Crippen molar-refractivity contribution in [1.82, 2.24) is 4.90 Å². The molecule has 0 spiro atoms. The molecule has 0 saturated carbocycles. The molecule has 8 nitrogen and oxygen atoms in total. The lowest BCUT2D eigenvalue weighted by molar-refractivity contribution is -0.384. The largest absolute Gasteiger partial charge is 0.378 e. The van der Waals surface area contributed by atoms with Crippen molar-refractivity contribution in [2.45, 2.75) is 50.5 Å². The maximum absolute atomic E-state index is 11.4. The lowest BCUT2D eigenvalue weighted by Gasteiger charge is -2.34. The molecule has 26 heavy (non-hydrogen) atoms. The maximum atomic E-state index is 11.4. The number of hydrogen-bond acceptors (Lipinski definition) is 6. The molecule has 0 amide bonds. The van der Waals surface area contributed by atoms with Crippen molar-refractivity contribution in [2.75, 3.05) is 25.0 Å². The first-order valence-corrected chi connectivity index (χ1v) is 10.5. The summed E-state index contributed by atoms with van der Waals surface area (Å²) in [7, 11) is -3.98. The highest BCUT2D eigenvalue weighted by molar-refractivity contribution is 7.89. The second-order valence-corrected chi connectivity index (χ2v) is 8.68. The van der Waals surface area contributed by atoms with Crippen molar-refractivity contribution >= 4 is 21.4 Å². The quantitative estimate of drug-likeness (QED) is 0.551. The Kier molecular flexibility index (Phi) is 6.96. The molecule has 2 rings (SSSR count). The second kappa shape index (κ2) is 8.79. The van der Waals surface area contributed by atoms with Crippen LogP contribution in [0.4, 0.5) is 11.4 Å². The number of primary sulfonamides is 1. The molecule has 0 bridgehead atoms. The third-order valence-electron chi connectivity index (χ3n) is 4.88. The zero-order valence-electron chi connectivity index (χ0n) is 15.3. The fraction of sp³-hybridized carbons (Fsp3) is 0.647. The van der Waals surface area contributed by atoms with E-state index in [1.807, 2.05) is 0 Å². The molecule has 1 aromatic rings. The topological polar surface area (TPSA) is 119 Å². The van der Waals surface area contributed by atoms with E-state index in [0.717, 1.165) is 19.2 Å². The summed E-state index contributed by atoms with van der Waals surface area (Å²) in [6.45, 7) is 6.94. The maximum Gasteiger partial charge on any atom is 0.293 e. The minimum Gasteiger partial charge on any atom is -0.378 e. The fourth-order valence-corrected chi connectivity index (χ4v) is 3.95. The van der Waals surface area contributed by atoms with Gasteiger partial charge in [-0.05, 0) is 44.0 Å². The zero-order chi connectivity index (χ0) is 19.3. The van der Waals surface area contributed by atoms with Crippen LogP contribution in [-0.2, 0) is 10.0 Å². The first kappa shape index (κ1) is 20.6. The number of nitro groups is 1. The predicted molar refractivity (Wildman–Crippen MR) is 102 cm³/mol. The van der Waals surface area contributed by atoms with E-state index in [1.165, 1.54) is 37.8 Å². The summed E-state index contributed by atoms with van der Waals surface area (Å²) in [6, 6.07) is 3.97. The molecular formula is C17H28N4O4S. The van der Waals surface area contributed by atoms with Gasteiger partial charge in [0, 0.05) is 18.7 Å². The first-order chi connectivity index (χ1) is 12.2. The molecule has 1 aromatic carbocycles. The Bertz CT molecular complexity index is 728. The third kappa shape index (κ3) is 5.39. The molecule has 1 heterocycles. The number of sulfonamides is 1. The van der Waals surface area contributed by atoms with E-state index >= 15 is 0 Å². The number of likely N-dealkylation sites (tertiary alicyclic amines) is 1. The Balaban J connectivity index is 2.19. The average molecular weight is 385 g/mol. The van der Waals surface area contributed by atoms with E-state index in [0.29, 0.717) is 18.2 Å². The Labute approximate surface area is 155 Å². The Morgan fingerprint density at radius 1 is 1.23 bits per heavy atom. The standard InChI is InChI=1S/C17H28N4O4S/c1-13(2)17(20-9-5-3-4-6-10-20)12-19-15-8-7-14(26(18,24)25)11-16(15)21(22)23/h7-8,11,13,17,19H,3-6,9-10,12H2,1-2H3,(H2,18,24,25)/t17-/m0/s1. The summed E-state index contributed by atoms with van der Waals surface area (Å²) in [4.78, 5) is 12.9. The second-order valence-electron chi connectivity index (χ2n) is 7.12. The van der Waals surface area contributed by atoms with Crippen molar-refractivity contribution in [1.29, 1.82) is 0 Å². The minimum atomic E-state index is -3.98. The number of nitro benzene ring substituents is 1. The Morgan fingerprint density at radius 2 is 1.85 bits per heavy atom. The SMILES string of the molecule is CC(C)[C@H](CNc1ccc(S(N)(=O)=O)cc1[N+](=O)[O-])N1CCCCCC1. The summed E-state index contributed by atoms with van der Waals surface area (Å²) in [6.07, 6.45) is 4.84. The van der Waals surface area contributed by atoms with Crippen molar-refractivity contribution in [3.05, 3.63) is 28.3 Å². The number of rotatable bonds is 7. The van der Waals surface area contributed by atoms with Crippen molar-refractivity contribution in [2.24, 2.45) is 11.1 Å². The third-order valence-corrected chi connectivity index (χ3v) is 5.79. The van der Waals surface area contributed by atoms with Gasteiger partial charge in [-0.2, -0.15) is 0 Å². The molecule has 1 aliphatic heterocycles. The number of anilines is 1. The number of hydrogen-bond donors (Lipinski definition) is 2. The van der Waals surface area contributed by atoms with Crippen molar-refractivity contribution < 1.29 is 13.3 Å². The number of nitrogens with one attached hydrogen (secondary N) is 1. The minimum absolute atomic E-state index is 0.255. The first-order valence-electron chi connectivity index (χ1n) is 8.99. The monoisotopic (exact) mass is 384 g/mol. The lowest BCUT2D eigenvalue weighted by Crippen LogP contribution is -2.44. The molecule has 1 atom stereocenters. The highest BCUT2D eigenvalue weighted by atomic mass is 32.2. The van der Waals surface area contributed by atoms with Gasteiger partial charge >= 0.3 is 0 Å². The summed E-state index contributed by atoms with van der Waals surface area (Å²) < 4.78 is 22.9. The average Bonchev–Trinajstić information content (AvgIpc) is 2.83. The van der Waals surface area contributed by atoms with Gasteiger partial charge in [0.2, 0.25) is 10.0 Å². The van der Waals surface area contributed by atoms with Gasteiger partial charge in [0.05, 0.1) is 9.82 Å². The van der Waals surface area contributed by atoms with Crippen LogP contribution in [0, 0.1) is 16.0 Å². The summed E-state index contributed by atoms with van der Waals surface area (Å²) >= 11 is 0. The lowest BCUT2D eigenvalue weighted by atomic mass is 10.0. The van der Waals surface area contributed by atoms with Crippen LogP contribution in [0.5, 0.6) is 0 Å². The van der Waals surface area contributed by atoms with Crippen LogP contribution in [0.15, 0.2) is 23.1 Å². The fourth-order valence-electron chi connectivity index (χ4n) is 3.42. The molecule has 0 aromatic heterocycles. The molecular weight excluding hydrogens is 356 g/mol. The van der Waals surface area contributed by atoms with E-state index in [4.69, 9.17) is 5.14 Å². The Morgan fingerprint density at radius 3 is 2.35 bits per heavy atom. The molecule has 0 radical (unpaired) electrons. The van der Waals surface area contributed by atoms with E-state index in [-0.39, 0.29) is 16.6 Å². The van der Waals surface area contributed by atoms with Gasteiger partial charge in [0.15, 0.2) is 0 Å². The van der Waals surface area contributed by atoms with Gasteiger partial charge in [-0.25, -0.2) is 13.6 Å². The number of nitrogens with two attached hydrogens (primary N) is 1. The smallest absolute Gasteiger partial charge is 0.293 e. The summed E-state index contributed by atoms with van der Waals surface area (Å²) in [5, 5.41) is 19.6. The van der Waals surface area contributed by atoms with Gasteiger partial charge in [-0.1, -0.05) is 26.7 Å². The van der Waals surface area contributed by atoms with Gasteiger partial charge in [-0.3, -0.25) is 15.0 Å². The summed E-state index contributed by atoms with van der Waals surface area (Å²) in [5.74, 6) is 0.392. The molecule has 1 saturated heterocycles. The highest BCUT2D eigenvalue weighted by Gasteiger charge is 2.24. The van der Waals surface area contributed by atoms with Crippen LogP contribution in [0.3, 0.4) is 0 Å². The molecule has 0 unspecified atom stereocenters. The number of nitrogens with zero attached hydrogens (tertiary/aromatic N) is 2. The van der Waals surface area contributed by atoms with Gasteiger partial charge in [0.25, 0.3) is 5.69 Å². The van der Waals surface area contributed by atoms with Crippen LogP contribution in [-0.4, -0.2) is 43.9 Å². The van der Waals surface area contributed by atoms with Crippen LogP contribution in [0.2, 0.25) is 0 Å². The van der Waals surface area contributed by atoms with Crippen LogP contribution >= 0.6 is 0 Å². The molecule has 0 aliphatic carbocycles. The number of benzene rings is 1. The molecule has 9 heteroatoms. The molecule has 1 fully saturated rings.